The Balaban J connectivity index is 1.51. The van der Waals surface area contributed by atoms with Crippen molar-refractivity contribution in [3.63, 3.8) is 0 Å². The molecule has 1 N–H and O–H groups in total. The van der Waals surface area contributed by atoms with E-state index < -0.39 is 4.92 Å². The largest absolute Gasteiger partial charge is 0.297 e. The highest BCUT2D eigenvalue weighted by Crippen LogP contribution is 2.31. The molecule has 0 saturated heterocycles. The van der Waals surface area contributed by atoms with Crippen LogP contribution in [0.15, 0.2) is 53.9 Å². The number of non-ortho nitro benzene ring substituents is 1. The second-order valence-electron chi connectivity index (χ2n) is 6.86. The molecule has 4 aromatic rings. The van der Waals surface area contributed by atoms with Crippen LogP contribution in [-0.4, -0.2) is 15.8 Å². The molecule has 0 aliphatic heterocycles. The lowest BCUT2D eigenvalue weighted by molar-refractivity contribution is -0.384. The minimum absolute atomic E-state index is 0.00955. The Morgan fingerprint density at radius 1 is 1.14 bits per heavy atom. The molecule has 29 heavy (non-hydrogen) atoms. The summed E-state index contributed by atoms with van der Waals surface area (Å²) in [5, 5.41) is 16.8. The molecular formula is C21H17N3O3S2. The molecule has 0 bridgehead atoms. The summed E-state index contributed by atoms with van der Waals surface area (Å²) in [4.78, 5) is 28.1. The van der Waals surface area contributed by atoms with Gasteiger partial charge in [-0.25, -0.2) is 4.98 Å². The van der Waals surface area contributed by atoms with Crippen LogP contribution in [0.4, 0.5) is 10.8 Å². The third-order valence-corrected chi connectivity index (χ3v) is 6.40. The Labute approximate surface area is 175 Å². The van der Waals surface area contributed by atoms with Gasteiger partial charge in [0.2, 0.25) is 0 Å². The molecule has 2 heterocycles. The number of thiazole rings is 1. The summed E-state index contributed by atoms with van der Waals surface area (Å²) in [6.07, 6.45) is 0. The van der Waals surface area contributed by atoms with Crippen molar-refractivity contribution in [1.82, 2.24) is 4.98 Å². The maximum atomic E-state index is 12.6. The van der Waals surface area contributed by atoms with Gasteiger partial charge in [0.1, 0.15) is 0 Å². The van der Waals surface area contributed by atoms with E-state index in [9.17, 15) is 14.9 Å². The molecule has 2 aromatic carbocycles. The van der Waals surface area contributed by atoms with Gasteiger partial charge in [0.05, 0.1) is 15.5 Å². The Morgan fingerprint density at radius 2 is 1.90 bits per heavy atom. The molecule has 0 unspecified atom stereocenters. The number of amides is 1. The molecule has 0 atom stereocenters. The van der Waals surface area contributed by atoms with Gasteiger partial charge in [-0.2, -0.15) is 0 Å². The predicted molar refractivity (Wildman–Crippen MR) is 118 cm³/mol. The van der Waals surface area contributed by atoms with Gasteiger partial charge in [-0.1, -0.05) is 38.1 Å². The number of aromatic nitrogens is 1. The van der Waals surface area contributed by atoms with Crippen LogP contribution in [0.3, 0.4) is 0 Å². The number of fused-ring (bicyclic) bond motifs is 1. The lowest BCUT2D eigenvalue weighted by atomic mass is 10.0. The van der Waals surface area contributed by atoms with Crippen molar-refractivity contribution in [2.75, 3.05) is 5.32 Å². The van der Waals surface area contributed by atoms with E-state index in [1.165, 1.54) is 40.4 Å². The zero-order valence-corrected chi connectivity index (χ0v) is 17.3. The molecule has 0 aliphatic rings. The van der Waals surface area contributed by atoms with Crippen LogP contribution >= 0.6 is 22.7 Å². The van der Waals surface area contributed by atoms with Gasteiger partial charge in [0.25, 0.3) is 11.6 Å². The molecule has 6 nitrogen and oxygen atoms in total. The highest BCUT2D eigenvalue weighted by molar-refractivity contribution is 7.21. The number of nitro groups is 1. The lowest BCUT2D eigenvalue weighted by Gasteiger charge is -2.05. The van der Waals surface area contributed by atoms with E-state index in [1.54, 1.807) is 12.1 Å². The first-order valence-electron chi connectivity index (χ1n) is 8.96. The van der Waals surface area contributed by atoms with Gasteiger partial charge in [0, 0.05) is 33.2 Å². The molecule has 4 rings (SSSR count). The van der Waals surface area contributed by atoms with E-state index >= 15 is 0 Å². The molecule has 0 fully saturated rings. The molecule has 0 spiro atoms. The Bertz CT molecular complexity index is 1210. The van der Waals surface area contributed by atoms with Crippen LogP contribution in [0.2, 0.25) is 0 Å². The number of hydrogen-bond acceptors (Lipinski definition) is 6. The molecular weight excluding hydrogens is 406 g/mol. The number of nitro benzene ring substituents is 1. The second-order valence-corrected chi connectivity index (χ2v) is 8.80. The maximum Gasteiger partial charge on any atom is 0.270 e. The lowest BCUT2D eigenvalue weighted by Crippen LogP contribution is -2.09. The molecule has 8 heteroatoms. The number of benzene rings is 2. The number of carbonyl (C=O) groups is 1. The molecule has 146 valence electrons. The topological polar surface area (TPSA) is 85.1 Å². The maximum absolute atomic E-state index is 12.6. The fourth-order valence-corrected chi connectivity index (χ4v) is 4.57. The summed E-state index contributed by atoms with van der Waals surface area (Å²) >= 11 is 2.66. The van der Waals surface area contributed by atoms with Crippen LogP contribution in [0, 0.1) is 10.1 Å². The normalized spacial score (nSPS) is 11.1. The van der Waals surface area contributed by atoms with Gasteiger partial charge in [-0.15, -0.1) is 22.7 Å². The fraction of sp³-hybridized carbons (Fsp3) is 0.143. The van der Waals surface area contributed by atoms with Crippen LogP contribution < -0.4 is 5.32 Å². The van der Waals surface area contributed by atoms with E-state index in [4.69, 9.17) is 0 Å². The average molecular weight is 424 g/mol. The summed E-state index contributed by atoms with van der Waals surface area (Å²) in [7, 11) is 0. The van der Waals surface area contributed by atoms with Gasteiger partial charge in [-0.3, -0.25) is 20.2 Å². The summed E-state index contributed by atoms with van der Waals surface area (Å²) < 4.78 is 0.825. The Morgan fingerprint density at radius 3 is 2.59 bits per heavy atom. The van der Waals surface area contributed by atoms with Crippen molar-refractivity contribution >= 4 is 49.5 Å². The van der Waals surface area contributed by atoms with Gasteiger partial charge in [0.15, 0.2) is 5.13 Å². The molecule has 2 aromatic heterocycles. The van der Waals surface area contributed by atoms with Crippen LogP contribution in [0.5, 0.6) is 0 Å². The summed E-state index contributed by atoms with van der Waals surface area (Å²) in [6, 6.07) is 14.5. The van der Waals surface area contributed by atoms with E-state index in [0.717, 1.165) is 16.0 Å². The van der Waals surface area contributed by atoms with Gasteiger partial charge >= 0.3 is 0 Å². The molecule has 0 saturated carbocycles. The van der Waals surface area contributed by atoms with E-state index in [-0.39, 0.29) is 11.6 Å². The first kappa shape index (κ1) is 19.2. The highest BCUT2D eigenvalue weighted by Gasteiger charge is 2.15. The summed E-state index contributed by atoms with van der Waals surface area (Å²) in [6.45, 7) is 4.30. The number of thiophene rings is 1. The first-order valence-corrected chi connectivity index (χ1v) is 10.7. The quantitative estimate of drug-likeness (QED) is 0.301. The number of rotatable bonds is 5. The smallest absolute Gasteiger partial charge is 0.270 e. The van der Waals surface area contributed by atoms with Gasteiger partial charge < -0.3 is 0 Å². The van der Waals surface area contributed by atoms with E-state index in [1.807, 2.05) is 17.5 Å². The van der Waals surface area contributed by atoms with Crippen LogP contribution in [-0.2, 0) is 0 Å². The van der Waals surface area contributed by atoms with Crippen molar-refractivity contribution < 1.29 is 9.72 Å². The standard InChI is InChI=1S/C21H17N3O3S2/c1-12(2)13-3-5-14(6-4-13)17-11-28-21(22-17)23-20(25)19-10-15-9-16(24(26)27)7-8-18(15)29-19/h3-12H,1-2H3,(H,22,23,25). The SMILES string of the molecule is CC(C)c1ccc(-c2csc(NC(=O)c3cc4cc([N+](=O)[O-])ccc4s3)n2)cc1. The van der Waals surface area contributed by atoms with Crippen LogP contribution in [0.25, 0.3) is 21.3 Å². The van der Waals surface area contributed by atoms with Crippen molar-refractivity contribution in [1.29, 1.82) is 0 Å². The zero-order chi connectivity index (χ0) is 20.5. The minimum Gasteiger partial charge on any atom is -0.297 e. The van der Waals surface area contributed by atoms with Gasteiger partial charge in [-0.05, 0) is 23.6 Å². The van der Waals surface area contributed by atoms with E-state index in [0.29, 0.717) is 21.3 Å². The number of carbonyl (C=O) groups excluding carboxylic acids is 1. The number of anilines is 1. The van der Waals surface area contributed by atoms with Crippen molar-refractivity contribution in [3.05, 3.63) is 74.5 Å². The number of nitrogens with one attached hydrogen (secondary N) is 1. The second kappa shape index (κ2) is 7.73. The van der Waals surface area contributed by atoms with Crippen molar-refractivity contribution in [3.8, 4) is 11.3 Å². The molecule has 1 amide bonds. The van der Waals surface area contributed by atoms with E-state index in [2.05, 4.69) is 36.3 Å². The van der Waals surface area contributed by atoms with Crippen LogP contribution in [0.1, 0.15) is 35.0 Å². The summed E-state index contributed by atoms with van der Waals surface area (Å²) in [5.74, 6) is 0.196. The van der Waals surface area contributed by atoms with Crippen molar-refractivity contribution in [2.24, 2.45) is 0 Å². The fourth-order valence-electron chi connectivity index (χ4n) is 2.92. The van der Waals surface area contributed by atoms with Crippen molar-refractivity contribution in [2.45, 2.75) is 19.8 Å². The highest BCUT2D eigenvalue weighted by atomic mass is 32.1. The zero-order valence-electron chi connectivity index (χ0n) is 15.7. The summed E-state index contributed by atoms with van der Waals surface area (Å²) in [5.41, 5.74) is 3.09. The number of hydrogen-bond donors (Lipinski definition) is 1. The third kappa shape index (κ3) is 4.03. The number of nitrogens with zero attached hydrogens (tertiary/aromatic N) is 2. The predicted octanol–water partition coefficient (Wildman–Crippen LogP) is 6.31. The Hall–Kier alpha value is -3.10. The molecule has 0 aliphatic carbocycles. The Kier molecular flexibility index (Phi) is 5.12. The third-order valence-electron chi connectivity index (χ3n) is 4.53. The molecule has 0 radical (unpaired) electrons. The monoisotopic (exact) mass is 423 g/mol. The minimum atomic E-state index is -0.443. The first-order chi connectivity index (χ1) is 13.9. The average Bonchev–Trinajstić information content (AvgIpc) is 3.34.